The zero-order chi connectivity index (χ0) is 28.2. The summed E-state index contributed by atoms with van der Waals surface area (Å²) in [6.07, 6.45) is 0. The first-order chi connectivity index (χ1) is 19.3. The van der Waals surface area contributed by atoms with Gasteiger partial charge in [-0.3, -0.25) is 9.59 Å². The first kappa shape index (κ1) is 27.7. The van der Waals surface area contributed by atoms with Gasteiger partial charge in [0.05, 0.1) is 22.0 Å². The molecule has 200 valence electrons. The first-order valence-electron chi connectivity index (χ1n) is 11.8. The van der Waals surface area contributed by atoms with Crippen LogP contribution in [-0.2, 0) is 4.79 Å². The molecule has 3 N–H and O–H groups in total. The summed E-state index contributed by atoms with van der Waals surface area (Å²) in [6.45, 7) is 0. The Labute approximate surface area is 247 Å². The van der Waals surface area contributed by atoms with Crippen LogP contribution in [0, 0.1) is 0 Å². The molecule has 0 atom stereocenters. The standard InChI is InChI=1S/C29H19Cl2N3O4S2/c30-17-7-12-20(23(31)13-17)24-14-40-29(33-24)34-25(35)15-39-19-10-8-18(9-11-19)32-27(36)21-5-1-3-16-4-2-6-22(26(16)21)28(37)38/h1-14H,15H2,(H,32,36)(H,37,38)(H,33,34,35). The van der Waals surface area contributed by atoms with Crippen molar-refractivity contribution in [1.29, 1.82) is 0 Å². The third-order valence-corrected chi connectivity index (χ3v) is 8.14. The van der Waals surface area contributed by atoms with Gasteiger partial charge < -0.3 is 15.7 Å². The second-order valence-corrected chi connectivity index (χ2v) is 11.2. The van der Waals surface area contributed by atoms with Crippen LogP contribution in [0.15, 0.2) is 89.1 Å². The number of carbonyl (C=O) groups excluding carboxylic acids is 2. The molecule has 0 spiro atoms. The molecule has 7 nitrogen and oxygen atoms in total. The minimum absolute atomic E-state index is 0.0658. The number of thioether (sulfide) groups is 1. The fraction of sp³-hybridized carbons (Fsp3) is 0.0345. The van der Waals surface area contributed by atoms with Crippen molar-refractivity contribution in [2.45, 2.75) is 4.90 Å². The lowest BCUT2D eigenvalue weighted by molar-refractivity contribution is -0.113. The van der Waals surface area contributed by atoms with E-state index in [-0.39, 0.29) is 22.8 Å². The van der Waals surface area contributed by atoms with Crippen LogP contribution in [0.2, 0.25) is 10.0 Å². The predicted octanol–water partition coefficient (Wildman–Crippen LogP) is 7.95. The normalized spacial score (nSPS) is 10.8. The number of rotatable bonds is 8. The van der Waals surface area contributed by atoms with Crippen LogP contribution in [0.1, 0.15) is 20.7 Å². The lowest BCUT2D eigenvalue weighted by Gasteiger charge is -2.11. The second-order valence-electron chi connectivity index (χ2n) is 8.49. The molecule has 0 saturated carbocycles. The average molecular weight is 609 g/mol. The van der Waals surface area contributed by atoms with Crippen LogP contribution in [0.5, 0.6) is 0 Å². The maximum absolute atomic E-state index is 13.0. The molecule has 5 aromatic rings. The molecule has 11 heteroatoms. The van der Waals surface area contributed by atoms with E-state index in [0.29, 0.717) is 37.3 Å². The number of aromatic carboxylic acids is 1. The number of hydrogen-bond donors (Lipinski definition) is 3. The average Bonchev–Trinajstić information content (AvgIpc) is 3.39. The molecule has 0 fully saturated rings. The topological polar surface area (TPSA) is 108 Å². The number of thiazole rings is 1. The minimum Gasteiger partial charge on any atom is -0.478 e. The number of benzene rings is 4. The van der Waals surface area contributed by atoms with Gasteiger partial charge in [-0.2, -0.15) is 0 Å². The van der Waals surface area contributed by atoms with Gasteiger partial charge >= 0.3 is 5.97 Å². The Morgan fingerprint density at radius 2 is 1.62 bits per heavy atom. The van der Waals surface area contributed by atoms with Gasteiger partial charge in [-0.25, -0.2) is 9.78 Å². The molecule has 0 unspecified atom stereocenters. The molecule has 2 amide bonds. The number of hydrogen-bond acceptors (Lipinski definition) is 6. The summed E-state index contributed by atoms with van der Waals surface area (Å²) in [4.78, 5) is 42.5. The molecule has 0 aliphatic rings. The summed E-state index contributed by atoms with van der Waals surface area (Å²) in [5, 5.41) is 19.5. The molecule has 1 aromatic heterocycles. The van der Waals surface area contributed by atoms with Crippen molar-refractivity contribution in [2.75, 3.05) is 16.4 Å². The van der Waals surface area contributed by atoms with E-state index in [1.54, 1.807) is 72.8 Å². The minimum atomic E-state index is -1.10. The summed E-state index contributed by atoms with van der Waals surface area (Å²) in [5.74, 6) is -1.56. The highest BCUT2D eigenvalue weighted by atomic mass is 35.5. The number of aromatic nitrogens is 1. The fourth-order valence-electron chi connectivity index (χ4n) is 4.00. The van der Waals surface area contributed by atoms with Gasteiger partial charge in [0.25, 0.3) is 5.91 Å². The van der Waals surface area contributed by atoms with Gasteiger partial charge in [-0.1, -0.05) is 47.5 Å². The van der Waals surface area contributed by atoms with E-state index in [9.17, 15) is 19.5 Å². The third kappa shape index (κ3) is 6.29. The van der Waals surface area contributed by atoms with E-state index < -0.39 is 11.9 Å². The third-order valence-electron chi connectivity index (χ3n) is 5.82. The highest BCUT2D eigenvalue weighted by Gasteiger charge is 2.17. The lowest BCUT2D eigenvalue weighted by atomic mass is 9.98. The summed E-state index contributed by atoms with van der Waals surface area (Å²) in [6, 6.07) is 22.2. The van der Waals surface area contributed by atoms with E-state index in [1.807, 2.05) is 5.38 Å². The van der Waals surface area contributed by atoms with Gasteiger partial charge in [0.15, 0.2) is 5.13 Å². The Bertz CT molecular complexity index is 1750. The molecule has 0 radical (unpaired) electrons. The number of carboxylic acid groups (broad SMARTS) is 1. The van der Waals surface area contributed by atoms with E-state index in [2.05, 4.69) is 15.6 Å². The second kappa shape index (κ2) is 12.1. The number of fused-ring (bicyclic) bond motifs is 1. The van der Waals surface area contributed by atoms with Gasteiger partial charge in [0.1, 0.15) is 0 Å². The zero-order valence-corrected chi connectivity index (χ0v) is 23.6. The molecule has 4 aromatic carbocycles. The smallest absolute Gasteiger partial charge is 0.336 e. The highest BCUT2D eigenvalue weighted by molar-refractivity contribution is 8.00. The van der Waals surface area contributed by atoms with Gasteiger partial charge in [-0.05, 0) is 60.0 Å². The number of amides is 2. The van der Waals surface area contributed by atoms with E-state index in [4.69, 9.17) is 23.2 Å². The maximum atomic E-state index is 13.0. The van der Waals surface area contributed by atoms with Crippen molar-refractivity contribution in [3.8, 4) is 11.3 Å². The largest absolute Gasteiger partial charge is 0.478 e. The number of nitrogens with zero attached hydrogens (tertiary/aromatic N) is 1. The monoisotopic (exact) mass is 607 g/mol. The summed E-state index contributed by atoms with van der Waals surface area (Å²) in [7, 11) is 0. The van der Waals surface area contributed by atoms with Gasteiger partial charge in [0, 0.05) is 37.5 Å². The predicted molar refractivity (Wildman–Crippen MR) is 162 cm³/mol. The van der Waals surface area contributed by atoms with Crippen molar-refractivity contribution in [1.82, 2.24) is 4.98 Å². The molecular weight excluding hydrogens is 589 g/mol. The number of anilines is 2. The Balaban J connectivity index is 1.19. The molecular formula is C29H19Cl2N3O4S2. The van der Waals surface area contributed by atoms with E-state index in [0.717, 1.165) is 10.5 Å². The van der Waals surface area contributed by atoms with Crippen LogP contribution in [0.4, 0.5) is 10.8 Å². The Morgan fingerprint density at radius 1 is 0.900 bits per heavy atom. The Hall–Kier alpha value is -3.89. The van der Waals surface area contributed by atoms with Crippen LogP contribution in [0.25, 0.3) is 22.0 Å². The van der Waals surface area contributed by atoms with Crippen LogP contribution < -0.4 is 10.6 Å². The van der Waals surface area contributed by atoms with Crippen LogP contribution in [0.3, 0.4) is 0 Å². The molecule has 0 aliphatic carbocycles. The van der Waals surface area contributed by atoms with E-state index in [1.165, 1.54) is 29.2 Å². The Morgan fingerprint density at radius 3 is 2.33 bits per heavy atom. The number of halogens is 2. The quantitative estimate of drug-likeness (QED) is 0.154. The van der Waals surface area contributed by atoms with Crippen LogP contribution in [-0.4, -0.2) is 33.6 Å². The highest BCUT2D eigenvalue weighted by Crippen LogP contribution is 2.32. The van der Waals surface area contributed by atoms with Crippen molar-refractivity contribution in [3.05, 3.63) is 105 Å². The van der Waals surface area contributed by atoms with Crippen molar-refractivity contribution < 1.29 is 19.5 Å². The number of carbonyl (C=O) groups is 3. The molecule has 0 aliphatic heterocycles. The summed E-state index contributed by atoms with van der Waals surface area (Å²) < 4.78 is 0. The molecule has 0 saturated heterocycles. The summed E-state index contributed by atoms with van der Waals surface area (Å²) in [5.41, 5.74) is 2.26. The molecule has 1 heterocycles. The summed E-state index contributed by atoms with van der Waals surface area (Å²) >= 11 is 14.8. The molecule has 5 rings (SSSR count). The number of carboxylic acids is 1. The van der Waals surface area contributed by atoms with Gasteiger partial charge in [0.2, 0.25) is 5.91 Å². The molecule has 0 bridgehead atoms. The first-order valence-corrected chi connectivity index (χ1v) is 14.4. The number of nitrogens with one attached hydrogen (secondary N) is 2. The van der Waals surface area contributed by atoms with Gasteiger partial charge in [-0.15, -0.1) is 23.1 Å². The van der Waals surface area contributed by atoms with Crippen molar-refractivity contribution in [2.24, 2.45) is 0 Å². The fourth-order valence-corrected chi connectivity index (χ4v) is 5.93. The van der Waals surface area contributed by atoms with Crippen molar-refractivity contribution >= 4 is 85.7 Å². The van der Waals surface area contributed by atoms with Crippen LogP contribution >= 0.6 is 46.3 Å². The van der Waals surface area contributed by atoms with E-state index >= 15 is 0 Å². The van der Waals surface area contributed by atoms with Crippen molar-refractivity contribution in [3.63, 3.8) is 0 Å². The SMILES string of the molecule is O=C(CSc1ccc(NC(=O)c2cccc3cccc(C(=O)O)c23)cc1)Nc1nc(-c2ccc(Cl)cc2Cl)cs1. The Kier molecular flexibility index (Phi) is 8.37. The maximum Gasteiger partial charge on any atom is 0.336 e. The molecule has 40 heavy (non-hydrogen) atoms. The lowest BCUT2D eigenvalue weighted by Crippen LogP contribution is -2.14. The zero-order valence-electron chi connectivity index (χ0n) is 20.5.